The van der Waals surface area contributed by atoms with E-state index in [-0.39, 0.29) is 0 Å². The largest absolute Gasteiger partial charge is 0.198 e. The summed E-state index contributed by atoms with van der Waals surface area (Å²) >= 11 is 0. The summed E-state index contributed by atoms with van der Waals surface area (Å²) in [6, 6.07) is 9.28. The molecule has 0 aliphatic carbocycles. The molecule has 0 saturated carbocycles. The smallest absolute Gasteiger partial charge is 0.0625 e. The Labute approximate surface area is 76.1 Å². The highest BCUT2D eigenvalue weighted by molar-refractivity contribution is 5.38. The molecule has 0 N–H and O–H groups in total. The van der Waals surface area contributed by atoms with Gasteiger partial charge >= 0.3 is 0 Å². The number of nitrogens with zero attached hydrogens (tertiary/aromatic N) is 4. The number of aryl methyl sites for hydroxylation is 1. The molecule has 0 bridgehead atoms. The highest BCUT2D eigenvalue weighted by Gasteiger charge is 1.92. The summed E-state index contributed by atoms with van der Waals surface area (Å²) in [5.74, 6) is 0. The molecule has 1 aromatic carbocycles. The molecule has 0 amide bonds. The lowest BCUT2D eigenvalue weighted by atomic mass is 10.1. The van der Waals surface area contributed by atoms with Crippen LogP contribution in [-0.4, -0.2) is 0 Å². The Morgan fingerprint density at radius 3 is 2.62 bits per heavy atom. The lowest BCUT2D eigenvalue weighted by Gasteiger charge is -1.96. The highest BCUT2D eigenvalue weighted by Crippen LogP contribution is 2.13. The van der Waals surface area contributed by atoms with Gasteiger partial charge in [-0.25, -0.2) is 0 Å². The Bertz CT molecular complexity index is 354. The predicted octanol–water partition coefficient (Wildman–Crippen LogP) is 3.08. The van der Waals surface area contributed by atoms with Crippen LogP contribution < -0.4 is 0 Å². The standard InChI is InChI=1S/C9H8N4/c10-7-1-2-8-3-5-9(6-4-8)12-13-11/h3-6H,1-2H2. The van der Waals surface area contributed by atoms with Crippen LogP contribution in [-0.2, 0) is 6.42 Å². The van der Waals surface area contributed by atoms with Gasteiger partial charge in [0.05, 0.1) is 6.07 Å². The van der Waals surface area contributed by atoms with Crippen LogP contribution in [0.4, 0.5) is 5.69 Å². The van der Waals surface area contributed by atoms with Crippen LogP contribution in [0.1, 0.15) is 12.0 Å². The minimum atomic E-state index is 0.515. The lowest BCUT2D eigenvalue weighted by Crippen LogP contribution is -1.81. The van der Waals surface area contributed by atoms with Crippen molar-refractivity contribution in [3.63, 3.8) is 0 Å². The van der Waals surface area contributed by atoms with E-state index in [1.54, 1.807) is 12.1 Å². The molecule has 4 nitrogen and oxygen atoms in total. The summed E-state index contributed by atoms with van der Waals surface area (Å²) in [5, 5.41) is 11.8. The number of nitriles is 1. The summed E-state index contributed by atoms with van der Waals surface area (Å²) in [4.78, 5) is 2.67. The van der Waals surface area contributed by atoms with E-state index in [2.05, 4.69) is 16.1 Å². The van der Waals surface area contributed by atoms with E-state index in [1.165, 1.54) is 0 Å². The molecule has 0 atom stereocenters. The molecule has 0 aromatic heterocycles. The van der Waals surface area contributed by atoms with Gasteiger partial charge in [0.2, 0.25) is 0 Å². The van der Waals surface area contributed by atoms with Crippen molar-refractivity contribution >= 4 is 5.69 Å². The molecule has 0 spiro atoms. The van der Waals surface area contributed by atoms with E-state index >= 15 is 0 Å². The molecular formula is C9H8N4. The first-order valence-corrected chi connectivity index (χ1v) is 3.88. The minimum Gasteiger partial charge on any atom is -0.198 e. The Balaban J connectivity index is 2.70. The number of benzene rings is 1. The number of hydrogen-bond acceptors (Lipinski definition) is 2. The Hall–Kier alpha value is -1.98. The second kappa shape index (κ2) is 4.81. The highest BCUT2D eigenvalue weighted by atomic mass is 15.1. The maximum atomic E-state index is 8.35. The summed E-state index contributed by atoms with van der Waals surface area (Å²) in [6.07, 6.45) is 1.26. The van der Waals surface area contributed by atoms with Crippen molar-refractivity contribution in [1.82, 2.24) is 0 Å². The quantitative estimate of drug-likeness (QED) is 0.392. The van der Waals surface area contributed by atoms with Crippen LogP contribution in [0.15, 0.2) is 29.4 Å². The third kappa shape index (κ3) is 2.86. The maximum Gasteiger partial charge on any atom is 0.0625 e. The molecule has 0 aliphatic rings. The number of azide groups is 1. The van der Waals surface area contributed by atoms with E-state index in [4.69, 9.17) is 10.8 Å². The second-order valence-electron chi connectivity index (χ2n) is 2.51. The molecule has 0 radical (unpaired) electrons. The van der Waals surface area contributed by atoms with E-state index in [1.807, 2.05) is 12.1 Å². The van der Waals surface area contributed by atoms with Gasteiger partial charge in [-0.3, -0.25) is 0 Å². The fourth-order valence-electron chi connectivity index (χ4n) is 0.981. The van der Waals surface area contributed by atoms with E-state index in [9.17, 15) is 0 Å². The number of rotatable bonds is 3. The molecule has 0 heterocycles. The first kappa shape index (κ1) is 9.11. The molecule has 4 heteroatoms. The van der Waals surface area contributed by atoms with Gasteiger partial charge in [0.15, 0.2) is 0 Å². The van der Waals surface area contributed by atoms with Gasteiger partial charge in [0.25, 0.3) is 0 Å². The first-order valence-electron chi connectivity index (χ1n) is 3.88. The average Bonchev–Trinajstić information content (AvgIpc) is 2.17. The SMILES string of the molecule is N#CCCc1ccc(N=[N+]=[N-])cc1. The maximum absolute atomic E-state index is 8.35. The molecular weight excluding hydrogens is 164 g/mol. The van der Waals surface area contributed by atoms with Gasteiger partial charge in [0.1, 0.15) is 0 Å². The molecule has 0 aliphatic heterocycles. The average molecular weight is 172 g/mol. The summed E-state index contributed by atoms with van der Waals surface area (Å²) in [7, 11) is 0. The zero-order valence-electron chi connectivity index (χ0n) is 7.01. The number of hydrogen-bond donors (Lipinski definition) is 0. The Kier molecular flexibility index (Phi) is 3.37. The third-order valence-electron chi connectivity index (χ3n) is 1.62. The lowest BCUT2D eigenvalue weighted by molar-refractivity contribution is 1.01. The minimum absolute atomic E-state index is 0.515. The molecule has 0 fully saturated rings. The first-order chi connectivity index (χ1) is 6.36. The van der Waals surface area contributed by atoms with Gasteiger partial charge in [-0.1, -0.05) is 29.4 Å². The second-order valence-corrected chi connectivity index (χ2v) is 2.51. The van der Waals surface area contributed by atoms with Gasteiger partial charge in [-0.15, -0.1) is 0 Å². The summed E-state index contributed by atoms with van der Waals surface area (Å²) < 4.78 is 0. The Morgan fingerprint density at radius 2 is 2.08 bits per heavy atom. The fourth-order valence-corrected chi connectivity index (χ4v) is 0.981. The molecule has 0 saturated heterocycles. The van der Waals surface area contributed by atoms with E-state index in [0.717, 1.165) is 12.0 Å². The third-order valence-corrected chi connectivity index (χ3v) is 1.62. The predicted molar refractivity (Wildman–Crippen MR) is 49.2 cm³/mol. The van der Waals surface area contributed by atoms with Crippen molar-refractivity contribution in [2.45, 2.75) is 12.8 Å². The van der Waals surface area contributed by atoms with Crippen molar-refractivity contribution in [2.75, 3.05) is 0 Å². The normalized spacial score (nSPS) is 8.54. The zero-order valence-corrected chi connectivity index (χ0v) is 7.01. The summed E-state index contributed by atoms with van der Waals surface area (Å²) in [6.45, 7) is 0. The van der Waals surface area contributed by atoms with Crippen molar-refractivity contribution < 1.29 is 0 Å². The van der Waals surface area contributed by atoms with Gasteiger partial charge < -0.3 is 0 Å². The van der Waals surface area contributed by atoms with E-state index < -0.39 is 0 Å². The van der Waals surface area contributed by atoms with Crippen LogP contribution in [0, 0.1) is 11.3 Å². The molecule has 64 valence electrons. The van der Waals surface area contributed by atoms with Gasteiger partial charge in [-0.05, 0) is 17.5 Å². The van der Waals surface area contributed by atoms with Crippen LogP contribution in [0.5, 0.6) is 0 Å². The molecule has 1 rings (SSSR count). The van der Waals surface area contributed by atoms with Crippen molar-refractivity contribution in [2.24, 2.45) is 5.11 Å². The van der Waals surface area contributed by atoms with Crippen LogP contribution >= 0.6 is 0 Å². The topological polar surface area (TPSA) is 72.5 Å². The molecule has 13 heavy (non-hydrogen) atoms. The summed E-state index contributed by atoms with van der Waals surface area (Å²) in [5.41, 5.74) is 9.83. The van der Waals surface area contributed by atoms with Gasteiger partial charge in [0, 0.05) is 17.0 Å². The molecule has 1 aromatic rings. The monoisotopic (exact) mass is 172 g/mol. The van der Waals surface area contributed by atoms with Crippen molar-refractivity contribution in [3.05, 3.63) is 40.3 Å². The van der Waals surface area contributed by atoms with Crippen LogP contribution in [0.3, 0.4) is 0 Å². The van der Waals surface area contributed by atoms with Gasteiger partial charge in [-0.2, -0.15) is 5.26 Å². The van der Waals surface area contributed by atoms with Crippen LogP contribution in [0.25, 0.3) is 10.4 Å². The fraction of sp³-hybridized carbons (Fsp3) is 0.222. The Morgan fingerprint density at radius 1 is 1.38 bits per heavy atom. The zero-order chi connectivity index (χ0) is 9.52. The van der Waals surface area contributed by atoms with Crippen LogP contribution in [0.2, 0.25) is 0 Å². The van der Waals surface area contributed by atoms with Crippen molar-refractivity contribution in [3.8, 4) is 6.07 Å². The van der Waals surface area contributed by atoms with Crippen molar-refractivity contribution in [1.29, 1.82) is 5.26 Å². The molecule has 0 unspecified atom stereocenters. The van der Waals surface area contributed by atoms with E-state index in [0.29, 0.717) is 12.1 Å².